The van der Waals surface area contributed by atoms with Crippen LogP contribution in [0.5, 0.6) is 0 Å². The minimum atomic E-state index is -0.360. The second-order valence-corrected chi connectivity index (χ2v) is 8.27. The highest BCUT2D eigenvalue weighted by Gasteiger charge is 2.32. The summed E-state index contributed by atoms with van der Waals surface area (Å²) in [4.78, 5) is 29.5. The number of hydrogen-bond donors (Lipinski definition) is 0. The fourth-order valence-corrected chi connectivity index (χ4v) is 3.77. The molecule has 5 nitrogen and oxygen atoms in total. The smallest absolute Gasteiger partial charge is 0.254 e. The molecule has 1 saturated heterocycles. The molecule has 0 N–H and O–H groups in total. The lowest BCUT2D eigenvalue weighted by Gasteiger charge is -2.36. The van der Waals surface area contributed by atoms with Crippen LogP contribution in [0.25, 0.3) is 0 Å². The summed E-state index contributed by atoms with van der Waals surface area (Å²) in [6, 6.07) is 13.2. The molecule has 1 aliphatic carbocycles. The van der Waals surface area contributed by atoms with E-state index in [9.17, 15) is 14.0 Å². The molecule has 2 fully saturated rings. The summed E-state index contributed by atoms with van der Waals surface area (Å²) in [5, 5.41) is 0. The van der Waals surface area contributed by atoms with Gasteiger partial charge in [-0.05, 0) is 62.1 Å². The highest BCUT2D eigenvalue weighted by molar-refractivity contribution is 5.95. The maximum atomic E-state index is 13.2. The molecule has 1 heterocycles. The molecule has 2 amide bonds. The summed E-state index contributed by atoms with van der Waals surface area (Å²) in [6.07, 6.45) is 2.00. The lowest BCUT2D eigenvalue weighted by atomic mass is 10.1. The van der Waals surface area contributed by atoms with Gasteiger partial charge >= 0.3 is 0 Å². The summed E-state index contributed by atoms with van der Waals surface area (Å²) in [5.41, 5.74) is 2.25. The summed E-state index contributed by atoms with van der Waals surface area (Å²) in [7, 11) is 0. The van der Waals surface area contributed by atoms with Crippen molar-refractivity contribution >= 4 is 11.8 Å². The van der Waals surface area contributed by atoms with E-state index in [-0.39, 0.29) is 23.7 Å². The van der Waals surface area contributed by atoms with Gasteiger partial charge in [-0.2, -0.15) is 0 Å². The molecule has 30 heavy (non-hydrogen) atoms. The molecular weight excluding hydrogens is 383 g/mol. The summed E-state index contributed by atoms with van der Waals surface area (Å²) >= 11 is 0. The number of amides is 2. The van der Waals surface area contributed by atoms with Crippen molar-refractivity contribution in [2.75, 3.05) is 32.8 Å². The van der Waals surface area contributed by atoms with E-state index in [4.69, 9.17) is 4.74 Å². The molecule has 2 aromatic carbocycles. The zero-order chi connectivity index (χ0) is 21.1. The third-order valence-electron chi connectivity index (χ3n) is 5.70. The van der Waals surface area contributed by atoms with E-state index >= 15 is 0 Å². The Bertz CT molecular complexity index is 894. The van der Waals surface area contributed by atoms with Crippen molar-refractivity contribution in [3.05, 3.63) is 71.0 Å². The van der Waals surface area contributed by atoms with E-state index in [0.717, 1.165) is 18.4 Å². The highest BCUT2D eigenvalue weighted by Crippen LogP contribution is 2.30. The lowest BCUT2D eigenvalue weighted by molar-refractivity contribution is -0.0335. The minimum absolute atomic E-state index is 0.0121. The monoisotopic (exact) mass is 410 g/mol. The summed E-state index contributed by atoms with van der Waals surface area (Å²) in [5.74, 6) is 0.0267. The number of carbonyl (C=O) groups is 2. The van der Waals surface area contributed by atoms with Crippen LogP contribution in [0.1, 0.15) is 39.1 Å². The molecule has 1 unspecified atom stereocenters. The number of carbonyl (C=O) groups excluding carboxylic acids is 2. The van der Waals surface area contributed by atoms with Crippen LogP contribution in [0.3, 0.4) is 0 Å². The summed E-state index contributed by atoms with van der Waals surface area (Å²) in [6.45, 7) is 4.52. The predicted molar refractivity (Wildman–Crippen MR) is 112 cm³/mol. The maximum absolute atomic E-state index is 13.2. The Morgan fingerprint density at radius 1 is 1.03 bits per heavy atom. The number of nitrogens with zero attached hydrogens (tertiary/aromatic N) is 2. The largest absolute Gasteiger partial charge is 0.373 e. The van der Waals surface area contributed by atoms with Gasteiger partial charge in [-0.25, -0.2) is 4.39 Å². The molecule has 2 aliphatic rings. The van der Waals surface area contributed by atoms with Gasteiger partial charge in [0.2, 0.25) is 0 Å². The number of halogens is 1. The van der Waals surface area contributed by atoms with E-state index in [2.05, 4.69) is 0 Å². The van der Waals surface area contributed by atoms with Gasteiger partial charge in [0.25, 0.3) is 11.8 Å². The van der Waals surface area contributed by atoms with Gasteiger partial charge in [-0.15, -0.1) is 0 Å². The van der Waals surface area contributed by atoms with E-state index < -0.39 is 0 Å². The third kappa shape index (κ3) is 5.05. The molecule has 0 bridgehead atoms. The van der Waals surface area contributed by atoms with Crippen molar-refractivity contribution in [3.63, 3.8) is 0 Å². The standard InChI is InChI=1S/C24H27FN2O3/c1-17-2-6-19(7-3-17)23(28)26-12-13-30-22(15-26)16-27(14-18-4-5-18)24(29)20-8-10-21(25)11-9-20/h2-3,6-11,18,22H,4-5,12-16H2,1H3. The molecular formula is C24H27FN2O3. The number of hydrogen-bond acceptors (Lipinski definition) is 3. The fraction of sp³-hybridized carbons (Fsp3) is 0.417. The molecule has 4 rings (SSSR count). The number of benzene rings is 2. The molecule has 0 spiro atoms. The Hall–Kier alpha value is -2.73. The predicted octanol–water partition coefficient (Wildman–Crippen LogP) is 3.53. The topological polar surface area (TPSA) is 49.9 Å². The fourth-order valence-electron chi connectivity index (χ4n) is 3.77. The molecule has 1 saturated carbocycles. The van der Waals surface area contributed by atoms with Gasteiger partial charge in [0, 0.05) is 37.3 Å². The first kappa shape index (κ1) is 20.5. The number of morpholine rings is 1. The van der Waals surface area contributed by atoms with E-state index in [1.54, 1.807) is 9.80 Å². The quantitative estimate of drug-likeness (QED) is 0.732. The van der Waals surface area contributed by atoms with E-state index in [1.807, 2.05) is 31.2 Å². The Kier molecular flexibility index (Phi) is 6.13. The van der Waals surface area contributed by atoms with Gasteiger partial charge in [-0.1, -0.05) is 17.7 Å². The number of rotatable bonds is 6. The average Bonchev–Trinajstić information content (AvgIpc) is 3.58. The Balaban J connectivity index is 1.43. The second kappa shape index (κ2) is 8.96. The van der Waals surface area contributed by atoms with Crippen LogP contribution in [0.4, 0.5) is 4.39 Å². The number of aryl methyl sites for hydroxylation is 1. The molecule has 1 atom stereocenters. The maximum Gasteiger partial charge on any atom is 0.254 e. The van der Waals surface area contributed by atoms with Crippen LogP contribution in [0.2, 0.25) is 0 Å². The lowest BCUT2D eigenvalue weighted by Crippen LogP contribution is -2.51. The SMILES string of the molecule is Cc1ccc(C(=O)N2CCOC(CN(CC3CC3)C(=O)c3ccc(F)cc3)C2)cc1. The van der Waals surface area contributed by atoms with Crippen molar-refractivity contribution in [1.29, 1.82) is 0 Å². The van der Waals surface area contributed by atoms with Crippen LogP contribution in [0.15, 0.2) is 48.5 Å². The molecule has 6 heteroatoms. The van der Waals surface area contributed by atoms with Crippen molar-refractivity contribution in [2.45, 2.75) is 25.9 Å². The van der Waals surface area contributed by atoms with Crippen molar-refractivity contribution < 1.29 is 18.7 Å². The van der Waals surface area contributed by atoms with Crippen LogP contribution < -0.4 is 0 Å². The third-order valence-corrected chi connectivity index (χ3v) is 5.70. The van der Waals surface area contributed by atoms with Gasteiger partial charge in [0.15, 0.2) is 0 Å². The normalized spacial score (nSPS) is 18.9. The van der Waals surface area contributed by atoms with Crippen molar-refractivity contribution in [3.8, 4) is 0 Å². The van der Waals surface area contributed by atoms with E-state index in [0.29, 0.717) is 49.8 Å². The first-order valence-corrected chi connectivity index (χ1v) is 10.5. The average molecular weight is 410 g/mol. The minimum Gasteiger partial charge on any atom is -0.373 e. The molecule has 1 aliphatic heterocycles. The van der Waals surface area contributed by atoms with E-state index in [1.165, 1.54) is 24.3 Å². The zero-order valence-corrected chi connectivity index (χ0v) is 17.2. The second-order valence-electron chi connectivity index (χ2n) is 8.27. The highest BCUT2D eigenvalue weighted by atomic mass is 19.1. The van der Waals surface area contributed by atoms with Crippen molar-refractivity contribution in [1.82, 2.24) is 9.80 Å². The van der Waals surface area contributed by atoms with Gasteiger partial charge in [-0.3, -0.25) is 9.59 Å². The van der Waals surface area contributed by atoms with Crippen LogP contribution >= 0.6 is 0 Å². The first-order valence-electron chi connectivity index (χ1n) is 10.5. The number of ether oxygens (including phenoxy) is 1. The van der Waals surface area contributed by atoms with Crippen molar-refractivity contribution in [2.24, 2.45) is 5.92 Å². The van der Waals surface area contributed by atoms with Crippen LogP contribution in [0, 0.1) is 18.7 Å². The Morgan fingerprint density at radius 2 is 1.70 bits per heavy atom. The molecule has 0 aromatic heterocycles. The Labute approximate surface area is 176 Å². The van der Waals surface area contributed by atoms with Crippen LogP contribution in [-0.4, -0.2) is 60.5 Å². The van der Waals surface area contributed by atoms with Crippen LogP contribution in [-0.2, 0) is 4.74 Å². The molecule has 2 aromatic rings. The van der Waals surface area contributed by atoms with Gasteiger partial charge in [0.1, 0.15) is 5.82 Å². The zero-order valence-electron chi connectivity index (χ0n) is 17.2. The molecule has 0 radical (unpaired) electrons. The Morgan fingerprint density at radius 3 is 2.37 bits per heavy atom. The molecule has 158 valence electrons. The summed E-state index contributed by atoms with van der Waals surface area (Å²) < 4.78 is 19.1. The van der Waals surface area contributed by atoms with Gasteiger partial charge < -0.3 is 14.5 Å². The first-order chi connectivity index (χ1) is 14.5. The van der Waals surface area contributed by atoms with Gasteiger partial charge in [0.05, 0.1) is 12.7 Å².